The summed E-state index contributed by atoms with van der Waals surface area (Å²) in [6.07, 6.45) is 9.80. The van der Waals surface area contributed by atoms with Gasteiger partial charge in [0.2, 0.25) is 0 Å². The number of benzene rings is 1. The lowest BCUT2D eigenvalue weighted by molar-refractivity contribution is 0.109. The van der Waals surface area contributed by atoms with E-state index in [1.165, 1.54) is 64.6 Å². The maximum absolute atomic E-state index is 2.74. The Kier molecular flexibility index (Phi) is 6.31. The number of halogens is 1. The first kappa shape index (κ1) is 17.0. The molecule has 1 aliphatic heterocycles. The summed E-state index contributed by atoms with van der Waals surface area (Å²) in [7, 11) is 0. The van der Waals surface area contributed by atoms with Crippen molar-refractivity contribution in [1.29, 1.82) is 0 Å². The predicted octanol–water partition coefficient (Wildman–Crippen LogP) is 5.20. The van der Waals surface area contributed by atoms with E-state index < -0.39 is 0 Å². The molecule has 1 heterocycles. The summed E-state index contributed by atoms with van der Waals surface area (Å²) < 4.78 is 0. The molecule has 0 spiro atoms. The van der Waals surface area contributed by atoms with Gasteiger partial charge in [0.15, 0.2) is 0 Å². The monoisotopic (exact) mass is 351 g/mol. The van der Waals surface area contributed by atoms with Crippen LogP contribution >= 0.6 is 17.0 Å². The van der Waals surface area contributed by atoms with Crippen molar-refractivity contribution in [2.75, 3.05) is 19.6 Å². The molecule has 1 saturated carbocycles. The average molecular weight is 352 g/mol. The molecular weight excluding hydrogens is 322 g/mol. The second-order valence-electron chi connectivity index (χ2n) is 6.87. The van der Waals surface area contributed by atoms with Crippen molar-refractivity contribution in [3.63, 3.8) is 0 Å². The first-order valence-corrected chi connectivity index (χ1v) is 8.63. The molecule has 3 rings (SSSR count). The summed E-state index contributed by atoms with van der Waals surface area (Å²) in [6, 6.07) is 11.4. The molecule has 1 aliphatic carbocycles. The number of fused-ring (bicyclic) bond motifs is 1. The van der Waals surface area contributed by atoms with Crippen molar-refractivity contribution >= 4 is 17.0 Å². The number of unbranched alkanes of at least 4 members (excludes halogenated alkanes) is 2. The molecule has 118 valence electrons. The fourth-order valence-electron chi connectivity index (χ4n) is 4.58. The third-order valence-corrected chi connectivity index (χ3v) is 5.74. The quantitative estimate of drug-likeness (QED) is 0.659. The number of nitrogens with zero attached hydrogens (tertiary/aromatic N) is 1. The van der Waals surface area contributed by atoms with E-state index in [1.807, 2.05) is 0 Å². The third-order valence-electron chi connectivity index (χ3n) is 5.74. The molecule has 0 amide bonds. The molecular formula is C19H30BrN. The lowest BCUT2D eigenvalue weighted by Crippen LogP contribution is -2.47. The van der Waals surface area contributed by atoms with Gasteiger partial charge in [-0.25, -0.2) is 0 Å². The molecule has 1 saturated heterocycles. The van der Waals surface area contributed by atoms with Crippen molar-refractivity contribution in [3.8, 4) is 0 Å². The Balaban J connectivity index is 0.00000161. The highest BCUT2D eigenvalue weighted by Gasteiger charge is 2.46. The van der Waals surface area contributed by atoms with Gasteiger partial charge in [-0.05, 0) is 50.3 Å². The molecule has 2 fully saturated rings. The number of hydrogen-bond donors (Lipinski definition) is 0. The van der Waals surface area contributed by atoms with Crippen LogP contribution in [0.3, 0.4) is 0 Å². The number of rotatable bonds is 5. The minimum absolute atomic E-state index is 0. The van der Waals surface area contributed by atoms with Gasteiger partial charge in [0.05, 0.1) is 0 Å². The minimum Gasteiger partial charge on any atom is -0.303 e. The summed E-state index contributed by atoms with van der Waals surface area (Å²) in [4.78, 5) is 2.74. The molecule has 2 aliphatic rings. The van der Waals surface area contributed by atoms with Crippen LogP contribution in [0.15, 0.2) is 30.3 Å². The molecule has 1 aromatic carbocycles. The first-order chi connectivity index (χ1) is 9.85. The van der Waals surface area contributed by atoms with E-state index in [4.69, 9.17) is 0 Å². The molecule has 0 radical (unpaired) electrons. The summed E-state index contributed by atoms with van der Waals surface area (Å²) in [6.45, 7) is 6.29. The zero-order valence-electron chi connectivity index (χ0n) is 13.4. The van der Waals surface area contributed by atoms with Gasteiger partial charge in [0.25, 0.3) is 0 Å². The molecule has 21 heavy (non-hydrogen) atoms. The molecule has 0 aromatic heterocycles. The van der Waals surface area contributed by atoms with Crippen molar-refractivity contribution < 1.29 is 0 Å². The first-order valence-electron chi connectivity index (χ1n) is 8.63. The summed E-state index contributed by atoms with van der Waals surface area (Å²) in [5, 5.41) is 0. The molecule has 2 unspecified atom stereocenters. The van der Waals surface area contributed by atoms with Gasteiger partial charge in [-0.3, -0.25) is 0 Å². The van der Waals surface area contributed by atoms with Crippen LogP contribution < -0.4 is 0 Å². The van der Waals surface area contributed by atoms with E-state index in [2.05, 4.69) is 42.2 Å². The number of piperidine rings is 1. The highest BCUT2D eigenvalue weighted by molar-refractivity contribution is 8.93. The third kappa shape index (κ3) is 3.53. The SMILES string of the molecule is Br.CCCCCN1CCC2(c3ccccc3)CCCC2C1. The van der Waals surface area contributed by atoms with Crippen LogP contribution in [0.2, 0.25) is 0 Å². The van der Waals surface area contributed by atoms with Crippen LogP contribution in [0.25, 0.3) is 0 Å². The number of hydrogen-bond acceptors (Lipinski definition) is 1. The lowest BCUT2D eigenvalue weighted by atomic mass is 9.68. The van der Waals surface area contributed by atoms with Crippen molar-refractivity contribution in [2.45, 2.75) is 57.3 Å². The van der Waals surface area contributed by atoms with Gasteiger partial charge in [-0.2, -0.15) is 0 Å². The van der Waals surface area contributed by atoms with Crippen LogP contribution in [-0.4, -0.2) is 24.5 Å². The van der Waals surface area contributed by atoms with Gasteiger partial charge in [-0.15, -0.1) is 17.0 Å². The zero-order valence-corrected chi connectivity index (χ0v) is 15.1. The van der Waals surface area contributed by atoms with Crippen molar-refractivity contribution in [2.24, 2.45) is 5.92 Å². The smallest absolute Gasteiger partial charge is 0.00182 e. The maximum atomic E-state index is 2.74. The standard InChI is InChI=1S/C19H29N.BrH/c1-2-3-7-14-20-15-13-19(12-8-11-18(19)16-20)17-9-5-4-6-10-17;/h4-6,9-10,18H,2-3,7-8,11-16H2,1H3;1H. The van der Waals surface area contributed by atoms with E-state index in [9.17, 15) is 0 Å². The molecule has 0 bridgehead atoms. The topological polar surface area (TPSA) is 3.24 Å². The Morgan fingerprint density at radius 2 is 1.95 bits per heavy atom. The maximum Gasteiger partial charge on any atom is 0.00182 e. The predicted molar refractivity (Wildman–Crippen MR) is 96.4 cm³/mol. The Morgan fingerprint density at radius 3 is 2.71 bits per heavy atom. The lowest BCUT2D eigenvalue weighted by Gasteiger charge is -2.45. The van der Waals surface area contributed by atoms with Crippen LogP contribution in [0.4, 0.5) is 0 Å². The second-order valence-corrected chi connectivity index (χ2v) is 6.87. The zero-order chi connectivity index (χ0) is 13.8. The van der Waals surface area contributed by atoms with E-state index in [0.29, 0.717) is 5.41 Å². The summed E-state index contributed by atoms with van der Waals surface area (Å²) >= 11 is 0. The molecule has 1 nitrogen and oxygen atoms in total. The highest BCUT2D eigenvalue weighted by Crippen LogP contribution is 2.50. The molecule has 1 aromatic rings. The summed E-state index contributed by atoms with van der Waals surface area (Å²) in [5.41, 5.74) is 2.14. The largest absolute Gasteiger partial charge is 0.303 e. The van der Waals surface area contributed by atoms with Crippen LogP contribution in [0.1, 0.15) is 57.4 Å². The van der Waals surface area contributed by atoms with Crippen LogP contribution in [-0.2, 0) is 5.41 Å². The fraction of sp³-hybridized carbons (Fsp3) is 0.684. The number of likely N-dealkylation sites (tertiary alicyclic amines) is 1. The van der Waals surface area contributed by atoms with Crippen molar-refractivity contribution in [3.05, 3.63) is 35.9 Å². The highest BCUT2D eigenvalue weighted by atomic mass is 79.9. The summed E-state index contributed by atoms with van der Waals surface area (Å²) in [5.74, 6) is 0.903. The van der Waals surface area contributed by atoms with E-state index >= 15 is 0 Å². The van der Waals surface area contributed by atoms with Crippen molar-refractivity contribution in [1.82, 2.24) is 4.90 Å². The fourth-order valence-corrected chi connectivity index (χ4v) is 4.58. The molecule has 0 N–H and O–H groups in total. The van der Waals surface area contributed by atoms with Gasteiger partial charge in [-0.1, -0.05) is 56.5 Å². The average Bonchev–Trinajstić information content (AvgIpc) is 2.93. The Hall–Kier alpha value is -0.340. The van der Waals surface area contributed by atoms with Gasteiger partial charge in [0.1, 0.15) is 0 Å². The minimum atomic E-state index is 0. The molecule has 2 heteroatoms. The Bertz CT molecular complexity index is 419. The van der Waals surface area contributed by atoms with Gasteiger partial charge < -0.3 is 4.90 Å². The molecule has 2 atom stereocenters. The van der Waals surface area contributed by atoms with E-state index in [-0.39, 0.29) is 17.0 Å². The Labute approximate surface area is 140 Å². The van der Waals surface area contributed by atoms with E-state index in [0.717, 1.165) is 5.92 Å². The Morgan fingerprint density at radius 1 is 1.14 bits per heavy atom. The van der Waals surface area contributed by atoms with Gasteiger partial charge in [0, 0.05) is 12.0 Å². The van der Waals surface area contributed by atoms with Crippen LogP contribution in [0, 0.1) is 5.92 Å². The normalized spacial score (nSPS) is 28.9. The second kappa shape index (κ2) is 7.78. The van der Waals surface area contributed by atoms with E-state index in [1.54, 1.807) is 5.56 Å². The van der Waals surface area contributed by atoms with Crippen LogP contribution in [0.5, 0.6) is 0 Å². The van der Waals surface area contributed by atoms with Gasteiger partial charge >= 0.3 is 0 Å².